The number of piperazine rings is 1. The normalized spacial score (nSPS) is 31.0. The van der Waals surface area contributed by atoms with Gasteiger partial charge in [0, 0.05) is 31.4 Å². The van der Waals surface area contributed by atoms with E-state index in [9.17, 15) is 14.7 Å². The van der Waals surface area contributed by atoms with Crippen molar-refractivity contribution in [1.82, 2.24) is 14.7 Å². The maximum Gasteiger partial charge on any atom is 0.327 e. The molecule has 0 radical (unpaired) electrons. The topological polar surface area (TPSA) is 64.1 Å². The van der Waals surface area contributed by atoms with Crippen molar-refractivity contribution in [3.63, 3.8) is 0 Å². The lowest BCUT2D eigenvalue weighted by molar-refractivity contribution is -0.141. The molecular weight excluding hydrogens is 290 g/mol. The zero-order valence-corrected chi connectivity index (χ0v) is 14.0. The average Bonchev–Trinajstić information content (AvgIpc) is 2.86. The highest BCUT2D eigenvalue weighted by Gasteiger charge is 2.45. The van der Waals surface area contributed by atoms with Gasteiger partial charge in [-0.2, -0.15) is 0 Å². The van der Waals surface area contributed by atoms with Gasteiger partial charge in [-0.1, -0.05) is 13.8 Å². The summed E-state index contributed by atoms with van der Waals surface area (Å²) in [6, 6.07) is -0.519. The van der Waals surface area contributed by atoms with Gasteiger partial charge >= 0.3 is 12.0 Å². The number of carbonyl (C=O) groups is 2. The number of carboxylic acids is 1. The SMILES string of the molecule is CC(C)C1SCC(C(=O)O)N1C(=O)N1CCN(C)C(C)C1. The molecule has 120 valence electrons. The summed E-state index contributed by atoms with van der Waals surface area (Å²) >= 11 is 1.58. The Morgan fingerprint density at radius 2 is 1.95 bits per heavy atom. The summed E-state index contributed by atoms with van der Waals surface area (Å²) in [5.74, 6) is -0.179. The van der Waals surface area contributed by atoms with Crippen molar-refractivity contribution in [3.05, 3.63) is 0 Å². The largest absolute Gasteiger partial charge is 0.480 e. The first-order valence-electron chi connectivity index (χ1n) is 7.44. The Morgan fingerprint density at radius 3 is 2.48 bits per heavy atom. The van der Waals surface area contributed by atoms with Crippen LogP contribution in [0.5, 0.6) is 0 Å². The van der Waals surface area contributed by atoms with Crippen LogP contribution >= 0.6 is 11.8 Å². The third-order valence-corrected chi connectivity index (χ3v) is 5.96. The molecular formula is C14H25N3O3S. The fourth-order valence-corrected chi connectivity index (χ4v) is 4.32. The van der Waals surface area contributed by atoms with Crippen molar-refractivity contribution in [1.29, 1.82) is 0 Å². The van der Waals surface area contributed by atoms with Gasteiger partial charge in [-0.05, 0) is 19.9 Å². The quantitative estimate of drug-likeness (QED) is 0.830. The van der Waals surface area contributed by atoms with Crippen LogP contribution in [0.3, 0.4) is 0 Å². The van der Waals surface area contributed by atoms with Crippen molar-refractivity contribution in [2.45, 2.75) is 38.2 Å². The fourth-order valence-electron chi connectivity index (χ4n) is 2.86. The lowest BCUT2D eigenvalue weighted by Crippen LogP contribution is -2.58. The lowest BCUT2D eigenvalue weighted by Gasteiger charge is -2.41. The molecule has 0 spiro atoms. The number of amides is 2. The summed E-state index contributed by atoms with van der Waals surface area (Å²) in [6.07, 6.45) is 0. The smallest absolute Gasteiger partial charge is 0.327 e. The fraction of sp³-hybridized carbons (Fsp3) is 0.857. The van der Waals surface area contributed by atoms with Gasteiger partial charge in [0.05, 0.1) is 5.37 Å². The third kappa shape index (κ3) is 3.29. The van der Waals surface area contributed by atoms with E-state index in [4.69, 9.17) is 0 Å². The number of carboxylic acid groups (broad SMARTS) is 1. The Bertz CT molecular complexity index is 418. The maximum atomic E-state index is 12.8. The van der Waals surface area contributed by atoms with E-state index in [1.807, 2.05) is 18.7 Å². The number of hydrogen-bond donors (Lipinski definition) is 1. The molecule has 2 heterocycles. The highest BCUT2D eigenvalue weighted by Crippen LogP contribution is 2.35. The Labute approximate surface area is 130 Å². The Balaban J connectivity index is 2.15. The summed E-state index contributed by atoms with van der Waals surface area (Å²) in [5.41, 5.74) is 0. The summed E-state index contributed by atoms with van der Waals surface area (Å²) in [6.45, 7) is 8.32. The van der Waals surface area contributed by atoms with Gasteiger partial charge < -0.3 is 14.9 Å². The predicted molar refractivity (Wildman–Crippen MR) is 83.4 cm³/mol. The van der Waals surface area contributed by atoms with E-state index < -0.39 is 12.0 Å². The first kappa shape index (κ1) is 16.4. The first-order valence-corrected chi connectivity index (χ1v) is 8.49. The zero-order valence-electron chi connectivity index (χ0n) is 13.2. The van der Waals surface area contributed by atoms with Crippen LogP contribution in [0.15, 0.2) is 0 Å². The van der Waals surface area contributed by atoms with Gasteiger partial charge in [0.15, 0.2) is 0 Å². The molecule has 2 saturated heterocycles. The molecule has 6 nitrogen and oxygen atoms in total. The summed E-state index contributed by atoms with van der Waals surface area (Å²) in [4.78, 5) is 29.9. The van der Waals surface area contributed by atoms with Gasteiger partial charge in [0.1, 0.15) is 6.04 Å². The van der Waals surface area contributed by atoms with Gasteiger partial charge in [0.25, 0.3) is 0 Å². The molecule has 2 amide bonds. The molecule has 2 aliphatic rings. The zero-order chi connectivity index (χ0) is 15.7. The summed E-state index contributed by atoms with van der Waals surface area (Å²) in [7, 11) is 2.05. The Hall–Kier alpha value is -0.950. The highest BCUT2D eigenvalue weighted by molar-refractivity contribution is 8.00. The first-order chi connectivity index (χ1) is 9.82. The lowest BCUT2D eigenvalue weighted by atomic mass is 10.1. The molecule has 3 atom stereocenters. The number of thioether (sulfide) groups is 1. The second-order valence-corrected chi connectivity index (χ2v) is 7.44. The van der Waals surface area contributed by atoms with Crippen LogP contribution in [0.4, 0.5) is 4.79 Å². The molecule has 1 N–H and O–H groups in total. The van der Waals surface area contributed by atoms with Crippen LogP contribution in [0, 0.1) is 5.92 Å². The number of aliphatic carboxylic acids is 1. The van der Waals surface area contributed by atoms with Crippen molar-refractivity contribution in [2.24, 2.45) is 5.92 Å². The van der Waals surface area contributed by atoms with E-state index in [2.05, 4.69) is 18.9 Å². The molecule has 0 bridgehead atoms. The molecule has 3 unspecified atom stereocenters. The molecule has 0 saturated carbocycles. The number of likely N-dealkylation sites (N-methyl/N-ethyl adjacent to an activating group) is 1. The summed E-state index contributed by atoms with van der Waals surface area (Å²) < 4.78 is 0. The van der Waals surface area contributed by atoms with Gasteiger partial charge in [-0.15, -0.1) is 11.8 Å². The minimum absolute atomic E-state index is 0.0476. The molecule has 2 rings (SSSR count). The van der Waals surface area contributed by atoms with Crippen LogP contribution in [-0.4, -0.2) is 81.7 Å². The van der Waals surface area contributed by atoms with Crippen LogP contribution in [0.25, 0.3) is 0 Å². The van der Waals surface area contributed by atoms with Crippen molar-refractivity contribution in [2.75, 3.05) is 32.4 Å². The van der Waals surface area contributed by atoms with Crippen LogP contribution in [-0.2, 0) is 4.79 Å². The molecule has 21 heavy (non-hydrogen) atoms. The monoisotopic (exact) mass is 315 g/mol. The van der Waals surface area contributed by atoms with E-state index in [1.54, 1.807) is 16.7 Å². The number of carbonyl (C=O) groups excluding carboxylic acids is 1. The summed E-state index contributed by atoms with van der Waals surface area (Å²) in [5, 5.41) is 9.34. The highest BCUT2D eigenvalue weighted by atomic mass is 32.2. The van der Waals surface area contributed by atoms with E-state index in [0.29, 0.717) is 24.9 Å². The molecule has 0 aromatic heterocycles. The standard InChI is InChI=1S/C14H25N3O3S/c1-9(2)12-17(11(8-21-12)13(18)19)14(20)16-6-5-15(4)10(3)7-16/h9-12H,5-8H2,1-4H3,(H,18,19). The van der Waals surface area contributed by atoms with E-state index in [0.717, 1.165) is 6.54 Å². The number of nitrogens with zero attached hydrogens (tertiary/aromatic N) is 3. The predicted octanol–water partition coefficient (Wildman–Crippen LogP) is 1.23. The van der Waals surface area contributed by atoms with Crippen LogP contribution < -0.4 is 0 Å². The van der Waals surface area contributed by atoms with Crippen LogP contribution in [0.2, 0.25) is 0 Å². The third-order valence-electron chi connectivity index (χ3n) is 4.34. The molecule has 0 aliphatic carbocycles. The van der Waals surface area contributed by atoms with Gasteiger partial charge in [-0.3, -0.25) is 4.90 Å². The molecule has 0 aromatic carbocycles. The second-order valence-electron chi connectivity index (χ2n) is 6.29. The Kier molecular flexibility index (Phi) is 5.03. The van der Waals surface area contributed by atoms with Gasteiger partial charge in [-0.25, -0.2) is 9.59 Å². The van der Waals surface area contributed by atoms with E-state index >= 15 is 0 Å². The van der Waals surface area contributed by atoms with Crippen molar-refractivity contribution < 1.29 is 14.7 Å². The van der Waals surface area contributed by atoms with Crippen molar-refractivity contribution in [3.8, 4) is 0 Å². The Morgan fingerprint density at radius 1 is 1.29 bits per heavy atom. The minimum Gasteiger partial charge on any atom is -0.480 e. The number of urea groups is 1. The molecule has 0 aromatic rings. The van der Waals surface area contributed by atoms with Gasteiger partial charge in [0.2, 0.25) is 0 Å². The number of hydrogen-bond acceptors (Lipinski definition) is 4. The van der Waals surface area contributed by atoms with Crippen molar-refractivity contribution >= 4 is 23.8 Å². The maximum absolute atomic E-state index is 12.8. The molecule has 2 aliphatic heterocycles. The molecule has 2 fully saturated rings. The molecule has 7 heteroatoms. The minimum atomic E-state index is -0.902. The average molecular weight is 315 g/mol. The number of rotatable bonds is 2. The second kappa shape index (κ2) is 6.44. The van der Waals surface area contributed by atoms with E-state index in [1.165, 1.54) is 0 Å². The van der Waals surface area contributed by atoms with Crippen LogP contribution in [0.1, 0.15) is 20.8 Å². The van der Waals surface area contributed by atoms with E-state index in [-0.39, 0.29) is 17.3 Å².